The molecule has 1 N–H and O–H groups in total. The molecule has 28 heavy (non-hydrogen) atoms. The second-order valence-electron chi connectivity index (χ2n) is 7.23. The number of nitrogens with one attached hydrogen (secondary N) is 1. The van der Waals surface area contributed by atoms with Gasteiger partial charge in [-0.1, -0.05) is 18.2 Å². The number of ether oxygens (including phenoxy) is 1. The molecule has 4 rings (SSSR count). The molecule has 2 amide bonds. The molecule has 0 aromatic heterocycles. The van der Waals surface area contributed by atoms with Crippen molar-refractivity contribution < 1.29 is 19.2 Å². The van der Waals surface area contributed by atoms with Crippen molar-refractivity contribution in [2.24, 2.45) is 0 Å². The minimum atomic E-state index is -0.281. The second kappa shape index (κ2) is 8.02. The van der Waals surface area contributed by atoms with Gasteiger partial charge in [-0.15, -0.1) is 0 Å². The van der Waals surface area contributed by atoms with Gasteiger partial charge in [0, 0.05) is 5.69 Å². The van der Waals surface area contributed by atoms with E-state index in [1.165, 1.54) is 15.5 Å². The summed E-state index contributed by atoms with van der Waals surface area (Å²) in [6.45, 7) is 6.00. The van der Waals surface area contributed by atoms with Crippen LogP contribution in [0.2, 0.25) is 0 Å². The lowest BCUT2D eigenvalue weighted by atomic mass is 10.1. The van der Waals surface area contributed by atoms with E-state index >= 15 is 0 Å². The van der Waals surface area contributed by atoms with Crippen molar-refractivity contribution in [2.45, 2.75) is 19.4 Å². The number of anilines is 2. The van der Waals surface area contributed by atoms with E-state index in [4.69, 9.17) is 4.74 Å². The zero-order valence-electron chi connectivity index (χ0n) is 16.1. The van der Waals surface area contributed by atoms with Crippen LogP contribution < -0.4 is 19.4 Å². The fourth-order valence-electron chi connectivity index (χ4n) is 4.12. The van der Waals surface area contributed by atoms with Gasteiger partial charge in [0.1, 0.15) is 5.75 Å². The van der Waals surface area contributed by atoms with Crippen molar-refractivity contribution in [3.63, 3.8) is 0 Å². The van der Waals surface area contributed by atoms with E-state index < -0.39 is 0 Å². The summed E-state index contributed by atoms with van der Waals surface area (Å²) in [5, 5.41) is 0. The Morgan fingerprint density at radius 1 is 0.964 bits per heavy atom. The topological polar surface area (TPSA) is 54.3 Å². The number of rotatable bonds is 5. The number of amides is 2. The first-order valence-corrected chi connectivity index (χ1v) is 9.91. The molecule has 6 nitrogen and oxygen atoms in total. The number of hydrogen-bond donors (Lipinski definition) is 1. The number of hydrogen-bond acceptors (Lipinski definition) is 4. The first kappa shape index (κ1) is 18.5. The van der Waals surface area contributed by atoms with Crippen LogP contribution in [0.15, 0.2) is 54.6 Å². The molecule has 6 heteroatoms. The summed E-state index contributed by atoms with van der Waals surface area (Å²) in [4.78, 5) is 30.5. The smallest absolute Gasteiger partial charge is 0.292 e. The van der Waals surface area contributed by atoms with E-state index in [0.29, 0.717) is 12.3 Å². The highest BCUT2D eigenvalue weighted by atomic mass is 16.5. The molecule has 2 fully saturated rings. The highest BCUT2D eigenvalue weighted by molar-refractivity contribution is 6.21. The molecule has 1 atom stereocenters. The van der Waals surface area contributed by atoms with Crippen molar-refractivity contribution in [3.05, 3.63) is 54.6 Å². The number of para-hydroxylation sites is 1. The van der Waals surface area contributed by atoms with Crippen LogP contribution in [0.3, 0.4) is 0 Å². The number of quaternary nitrogens is 1. The molecular formula is C22H26N3O3+. The minimum absolute atomic E-state index is 0.0858. The maximum atomic E-state index is 13.0. The first-order chi connectivity index (χ1) is 13.7. The van der Waals surface area contributed by atoms with Gasteiger partial charge in [0.15, 0.2) is 6.04 Å². The normalized spacial score (nSPS) is 20.7. The van der Waals surface area contributed by atoms with Gasteiger partial charge in [-0.3, -0.25) is 9.59 Å². The third-order valence-electron chi connectivity index (χ3n) is 5.57. The van der Waals surface area contributed by atoms with Crippen LogP contribution in [0, 0.1) is 0 Å². The SMILES string of the molecule is CCOc1ccc(N2C(=O)C[C@@H]([NH+]3CCN(c4ccccc4)CC3)C2=O)cc1. The quantitative estimate of drug-likeness (QED) is 0.790. The van der Waals surface area contributed by atoms with E-state index in [2.05, 4.69) is 17.0 Å². The third kappa shape index (κ3) is 3.60. The molecule has 0 aliphatic carbocycles. The van der Waals surface area contributed by atoms with Gasteiger partial charge in [-0.25, -0.2) is 4.90 Å². The fraction of sp³-hybridized carbons (Fsp3) is 0.364. The predicted molar refractivity (Wildman–Crippen MR) is 108 cm³/mol. The molecule has 2 aromatic rings. The van der Waals surface area contributed by atoms with Gasteiger partial charge >= 0.3 is 0 Å². The summed E-state index contributed by atoms with van der Waals surface area (Å²) in [5.41, 5.74) is 1.84. The van der Waals surface area contributed by atoms with Crippen LogP contribution in [0.1, 0.15) is 13.3 Å². The minimum Gasteiger partial charge on any atom is -0.494 e. The van der Waals surface area contributed by atoms with Crippen LogP contribution in [-0.2, 0) is 9.59 Å². The Morgan fingerprint density at radius 2 is 1.64 bits per heavy atom. The molecule has 2 aliphatic heterocycles. The summed E-state index contributed by atoms with van der Waals surface area (Å²) < 4.78 is 5.44. The molecule has 0 spiro atoms. The highest BCUT2D eigenvalue weighted by Gasteiger charge is 2.46. The number of imide groups is 1. The number of carbonyl (C=O) groups is 2. The second-order valence-corrected chi connectivity index (χ2v) is 7.23. The monoisotopic (exact) mass is 380 g/mol. The third-order valence-corrected chi connectivity index (χ3v) is 5.57. The lowest BCUT2D eigenvalue weighted by Crippen LogP contribution is -3.19. The number of carbonyl (C=O) groups excluding carboxylic acids is 2. The van der Waals surface area contributed by atoms with Gasteiger partial charge in [-0.2, -0.15) is 0 Å². The van der Waals surface area contributed by atoms with Crippen molar-refractivity contribution in [1.82, 2.24) is 0 Å². The largest absolute Gasteiger partial charge is 0.494 e. The van der Waals surface area contributed by atoms with Gasteiger partial charge in [-0.05, 0) is 43.3 Å². The van der Waals surface area contributed by atoms with Crippen molar-refractivity contribution >= 4 is 23.2 Å². The Hall–Kier alpha value is -2.86. The molecular weight excluding hydrogens is 354 g/mol. The van der Waals surface area contributed by atoms with E-state index in [1.807, 2.05) is 25.1 Å². The lowest BCUT2D eigenvalue weighted by molar-refractivity contribution is -0.915. The zero-order valence-corrected chi connectivity index (χ0v) is 16.1. The van der Waals surface area contributed by atoms with Crippen LogP contribution in [-0.4, -0.2) is 50.6 Å². The van der Waals surface area contributed by atoms with E-state index in [-0.39, 0.29) is 24.3 Å². The van der Waals surface area contributed by atoms with Gasteiger partial charge < -0.3 is 14.5 Å². The molecule has 0 unspecified atom stereocenters. The van der Waals surface area contributed by atoms with E-state index in [1.54, 1.807) is 24.3 Å². The summed E-state index contributed by atoms with van der Waals surface area (Å²) >= 11 is 0. The first-order valence-electron chi connectivity index (χ1n) is 9.91. The number of benzene rings is 2. The molecule has 0 bridgehead atoms. The summed E-state index contributed by atoms with van der Waals surface area (Å²) in [7, 11) is 0. The Bertz CT molecular complexity index is 830. The average molecular weight is 380 g/mol. The summed E-state index contributed by atoms with van der Waals surface area (Å²) in [5.74, 6) is 0.541. The van der Waals surface area contributed by atoms with Crippen LogP contribution in [0.5, 0.6) is 5.75 Å². The van der Waals surface area contributed by atoms with Crippen molar-refractivity contribution in [3.8, 4) is 5.75 Å². The van der Waals surface area contributed by atoms with Crippen LogP contribution >= 0.6 is 0 Å². The van der Waals surface area contributed by atoms with Crippen LogP contribution in [0.4, 0.5) is 11.4 Å². The number of nitrogens with zero attached hydrogens (tertiary/aromatic N) is 2. The van der Waals surface area contributed by atoms with Crippen molar-refractivity contribution in [2.75, 3.05) is 42.6 Å². The molecule has 2 saturated heterocycles. The average Bonchev–Trinajstić information content (AvgIpc) is 3.04. The fourth-order valence-corrected chi connectivity index (χ4v) is 4.12. The molecule has 0 saturated carbocycles. The molecule has 2 heterocycles. The summed E-state index contributed by atoms with van der Waals surface area (Å²) in [6, 6.07) is 17.2. The molecule has 2 aliphatic rings. The van der Waals surface area contributed by atoms with Gasteiger partial charge in [0.2, 0.25) is 5.91 Å². The predicted octanol–water partition coefficient (Wildman–Crippen LogP) is 1.12. The Labute approximate surface area is 165 Å². The lowest BCUT2D eigenvalue weighted by Gasteiger charge is -2.35. The van der Waals surface area contributed by atoms with Gasteiger partial charge in [0.05, 0.1) is 44.9 Å². The maximum absolute atomic E-state index is 13.0. The Morgan fingerprint density at radius 3 is 2.29 bits per heavy atom. The summed E-state index contributed by atoms with van der Waals surface area (Å²) in [6.07, 6.45) is 0.284. The van der Waals surface area contributed by atoms with E-state index in [0.717, 1.165) is 31.9 Å². The van der Waals surface area contributed by atoms with E-state index in [9.17, 15) is 9.59 Å². The standard InChI is InChI=1S/C22H25N3O3/c1-2-28-19-10-8-18(9-11-19)25-21(26)16-20(22(25)27)24-14-12-23(13-15-24)17-6-4-3-5-7-17/h3-11,20H,2,12-16H2,1H3/p+1/t20-/m1/s1. The molecule has 0 radical (unpaired) electrons. The molecule has 2 aromatic carbocycles. The Balaban J connectivity index is 1.41. The Kier molecular flexibility index (Phi) is 5.30. The number of piperazine rings is 1. The highest BCUT2D eigenvalue weighted by Crippen LogP contribution is 2.24. The molecule has 146 valence electrons. The van der Waals surface area contributed by atoms with Crippen molar-refractivity contribution in [1.29, 1.82) is 0 Å². The van der Waals surface area contributed by atoms with Gasteiger partial charge in [0.25, 0.3) is 5.91 Å². The van der Waals surface area contributed by atoms with Crippen LogP contribution in [0.25, 0.3) is 0 Å². The zero-order chi connectivity index (χ0) is 19.5. The maximum Gasteiger partial charge on any atom is 0.292 e.